The van der Waals surface area contributed by atoms with Crippen LogP contribution < -0.4 is 5.32 Å². The van der Waals surface area contributed by atoms with E-state index in [9.17, 15) is 4.79 Å². The highest BCUT2D eigenvalue weighted by molar-refractivity contribution is 5.90. The monoisotopic (exact) mass is 246 g/mol. The van der Waals surface area contributed by atoms with Gasteiger partial charge >= 0.3 is 5.97 Å². The fraction of sp³-hybridized carbons (Fsp3) is 0.429. The van der Waals surface area contributed by atoms with Gasteiger partial charge in [0.2, 0.25) is 0 Å². The van der Waals surface area contributed by atoms with Crippen molar-refractivity contribution >= 4 is 5.97 Å². The van der Waals surface area contributed by atoms with Crippen molar-refractivity contribution in [2.75, 3.05) is 7.11 Å². The van der Waals surface area contributed by atoms with Gasteiger partial charge in [0.25, 0.3) is 0 Å². The number of nitrogens with zero attached hydrogens (tertiary/aromatic N) is 1. The highest BCUT2D eigenvalue weighted by Crippen LogP contribution is 2.10. The molecule has 0 aliphatic rings. The zero-order valence-electron chi connectivity index (χ0n) is 10.8. The molecule has 1 aromatic rings. The number of benzene rings is 1. The Kier molecular flexibility index (Phi) is 5.89. The smallest absolute Gasteiger partial charge is 0.338 e. The molecule has 0 amide bonds. The van der Waals surface area contributed by atoms with E-state index in [0.29, 0.717) is 18.5 Å². The van der Waals surface area contributed by atoms with Crippen molar-refractivity contribution in [2.24, 2.45) is 0 Å². The second kappa shape index (κ2) is 7.46. The number of nitrogens with one attached hydrogen (secondary N) is 1. The lowest BCUT2D eigenvalue weighted by Crippen LogP contribution is -2.28. The van der Waals surface area contributed by atoms with Crippen LogP contribution in [0.15, 0.2) is 24.3 Å². The first-order valence-corrected chi connectivity index (χ1v) is 5.99. The van der Waals surface area contributed by atoms with E-state index in [0.717, 1.165) is 12.0 Å². The lowest BCUT2D eigenvalue weighted by molar-refractivity contribution is 0.0599. The third kappa shape index (κ3) is 3.86. The molecular formula is C14H18N2O2. The molecule has 4 nitrogen and oxygen atoms in total. The summed E-state index contributed by atoms with van der Waals surface area (Å²) in [6, 6.07) is 9.63. The van der Waals surface area contributed by atoms with Gasteiger partial charge < -0.3 is 10.1 Å². The van der Waals surface area contributed by atoms with Gasteiger partial charge in [-0.2, -0.15) is 5.26 Å². The SMILES string of the molecule is CCC(CC#N)NCc1ccccc1C(=O)OC. The molecule has 0 bridgehead atoms. The molecule has 1 rings (SSSR count). The lowest BCUT2D eigenvalue weighted by atomic mass is 10.1. The topological polar surface area (TPSA) is 62.1 Å². The van der Waals surface area contributed by atoms with Crippen LogP contribution in [0.1, 0.15) is 35.7 Å². The van der Waals surface area contributed by atoms with E-state index >= 15 is 0 Å². The Balaban J connectivity index is 2.72. The summed E-state index contributed by atoms with van der Waals surface area (Å²) in [4.78, 5) is 11.6. The number of hydrogen-bond acceptors (Lipinski definition) is 4. The normalized spacial score (nSPS) is 11.6. The van der Waals surface area contributed by atoms with Gasteiger partial charge in [-0.25, -0.2) is 4.79 Å². The van der Waals surface area contributed by atoms with Crippen molar-refractivity contribution in [3.63, 3.8) is 0 Å². The van der Waals surface area contributed by atoms with Crippen LogP contribution >= 0.6 is 0 Å². The molecule has 0 spiro atoms. The quantitative estimate of drug-likeness (QED) is 0.782. The second-order valence-corrected chi connectivity index (χ2v) is 4.00. The van der Waals surface area contributed by atoms with Gasteiger partial charge in [0.15, 0.2) is 0 Å². The number of carbonyl (C=O) groups excluding carboxylic acids is 1. The van der Waals surface area contributed by atoms with Crippen LogP contribution in [0.3, 0.4) is 0 Å². The van der Waals surface area contributed by atoms with E-state index in [1.165, 1.54) is 7.11 Å². The van der Waals surface area contributed by atoms with Gasteiger partial charge in [-0.1, -0.05) is 25.1 Å². The van der Waals surface area contributed by atoms with Crippen LogP contribution in [-0.2, 0) is 11.3 Å². The number of esters is 1. The fourth-order valence-electron chi connectivity index (χ4n) is 1.71. The molecule has 0 aliphatic heterocycles. The average Bonchev–Trinajstić information content (AvgIpc) is 2.43. The number of nitriles is 1. The largest absolute Gasteiger partial charge is 0.465 e. The summed E-state index contributed by atoms with van der Waals surface area (Å²) < 4.78 is 4.74. The van der Waals surface area contributed by atoms with Crippen molar-refractivity contribution in [1.29, 1.82) is 5.26 Å². The Morgan fingerprint density at radius 3 is 2.83 bits per heavy atom. The molecule has 1 atom stereocenters. The van der Waals surface area contributed by atoms with E-state index in [-0.39, 0.29) is 12.0 Å². The third-order valence-corrected chi connectivity index (χ3v) is 2.83. The molecule has 0 heterocycles. The molecule has 0 aromatic heterocycles. The van der Waals surface area contributed by atoms with Crippen LogP contribution in [0.5, 0.6) is 0 Å². The zero-order chi connectivity index (χ0) is 13.4. The average molecular weight is 246 g/mol. The predicted octanol–water partition coefficient (Wildman–Crippen LogP) is 2.26. The Bertz CT molecular complexity index is 438. The van der Waals surface area contributed by atoms with E-state index < -0.39 is 0 Å². The molecular weight excluding hydrogens is 228 g/mol. The van der Waals surface area contributed by atoms with Gasteiger partial charge in [-0.05, 0) is 18.1 Å². The molecule has 0 aliphatic carbocycles. The molecule has 0 radical (unpaired) electrons. The molecule has 18 heavy (non-hydrogen) atoms. The van der Waals surface area contributed by atoms with Crippen LogP contribution in [0.4, 0.5) is 0 Å². The first-order valence-electron chi connectivity index (χ1n) is 5.99. The minimum Gasteiger partial charge on any atom is -0.465 e. The first kappa shape index (κ1) is 14.2. The summed E-state index contributed by atoms with van der Waals surface area (Å²) >= 11 is 0. The van der Waals surface area contributed by atoms with Crippen LogP contribution in [0, 0.1) is 11.3 Å². The Morgan fingerprint density at radius 2 is 2.22 bits per heavy atom. The summed E-state index contributed by atoms with van der Waals surface area (Å²) in [7, 11) is 1.37. The molecule has 1 aromatic carbocycles. The second-order valence-electron chi connectivity index (χ2n) is 4.00. The first-order chi connectivity index (χ1) is 8.72. The van der Waals surface area contributed by atoms with E-state index in [4.69, 9.17) is 10.00 Å². The summed E-state index contributed by atoms with van der Waals surface area (Å²) in [5, 5.41) is 12.0. The van der Waals surface area contributed by atoms with Crippen LogP contribution in [0.25, 0.3) is 0 Å². The molecule has 0 saturated carbocycles. The maximum absolute atomic E-state index is 11.6. The van der Waals surface area contributed by atoms with Gasteiger partial charge in [-0.3, -0.25) is 0 Å². The molecule has 1 unspecified atom stereocenters. The number of hydrogen-bond donors (Lipinski definition) is 1. The van der Waals surface area contributed by atoms with Gasteiger partial charge in [0.1, 0.15) is 0 Å². The van der Waals surface area contributed by atoms with E-state index in [1.54, 1.807) is 6.07 Å². The maximum Gasteiger partial charge on any atom is 0.338 e. The highest BCUT2D eigenvalue weighted by atomic mass is 16.5. The minimum absolute atomic E-state index is 0.153. The van der Waals surface area contributed by atoms with Crippen molar-refractivity contribution in [2.45, 2.75) is 32.4 Å². The van der Waals surface area contributed by atoms with Crippen LogP contribution in [-0.4, -0.2) is 19.1 Å². The van der Waals surface area contributed by atoms with Crippen molar-refractivity contribution in [3.8, 4) is 6.07 Å². The highest BCUT2D eigenvalue weighted by Gasteiger charge is 2.12. The van der Waals surface area contributed by atoms with E-state index in [1.807, 2.05) is 25.1 Å². The lowest BCUT2D eigenvalue weighted by Gasteiger charge is -2.15. The zero-order valence-corrected chi connectivity index (χ0v) is 10.8. The molecule has 4 heteroatoms. The van der Waals surface area contributed by atoms with Crippen LogP contribution in [0.2, 0.25) is 0 Å². The third-order valence-electron chi connectivity index (χ3n) is 2.83. The summed E-state index contributed by atoms with van der Waals surface area (Å²) in [6.07, 6.45) is 1.35. The molecule has 0 fully saturated rings. The Hall–Kier alpha value is -1.86. The Labute approximate surface area is 108 Å². The Morgan fingerprint density at radius 1 is 1.50 bits per heavy atom. The number of carbonyl (C=O) groups is 1. The van der Waals surface area contributed by atoms with Gasteiger partial charge in [-0.15, -0.1) is 0 Å². The minimum atomic E-state index is -0.333. The molecule has 0 saturated heterocycles. The maximum atomic E-state index is 11.6. The number of methoxy groups -OCH3 is 1. The standard InChI is InChI=1S/C14H18N2O2/c1-3-12(8-9-15)16-10-11-6-4-5-7-13(11)14(17)18-2/h4-7,12,16H,3,8,10H2,1-2H3. The van der Waals surface area contributed by atoms with Gasteiger partial charge in [0.05, 0.1) is 25.2 Å². The van der Waals surface area contributed by atoms with E-state index in [2.05, 4.69) is 11.4 Å². The van der Waals surface area contributed by atoms with Crippen molar-refractivity contribution in [1.82, 2.24) is 5.32 Å². The predicted molar refractivity (Wildman–Crippen MR) is 68.9 cm³/mol. The fourth-order valence-corrected chi connectivity index (χ4v) is 1.71. The van der Waals surface area contributed by atoms with Crippen molar-refractivity contribution < 1.29 is 9.53 Å². The summed E-state index contributed by atoms with van der Waals surface area (Å²) in [5.74, 6) is -0.333. The molecule has 96 valence electrons. The van der Waals surface area contributed by atoms with Gasteiger partial charge in [0, 0.05) is 12.6 Å². The summed E-state index contributed by atoms with van der Waals surface area (Å²) in [6.45, 7) is 2.59. The van der Waals surface area contributed by atoms with Crippen molar-refractivity contribution in [3.05, 3.63) is 35.4 Å². The molecule has 1 N–H and O–H groups in total. The number of rotatable bonds is 6. The summed E-state index contributed by atoms with van der Waals surface area (Å²) in [5.41, 5.74) is 1.46. The number of ether oxygens (including phenoxy) is 1.